The third-order valence-corrected chi connectivity index (χ3v) is 5.75. The molecular formula is C18H21N5O4S. The second-order valence-corrected chi connectivity index (χ2v) is 7.88. The highest BCUT2D eigenvalue weighted by Crippen LogP contribution is 2.29. The van der Waals surface area contributed by atoms with Crippen molar-refractivity contribution in [2.24, 2.45) is 0 Å². The van der Waals surface area contributed by atoms with E-state index in [1.807, 2.05) is 32.0 Å². The van der Waals surface area contributed by atoms with Crippen LogP contribution in [0, 0.1) is 13.8 Å². The van der Waals surface area contributed by atoms with Crippen LogP contribution in [0.15, 0.2) is 41.3 Å². The molecule has 9 nitrogen and oxygen atoms in total. The average molecular weight is 403 g/mol. The molecule has 1 N–H and O–H groups in total. The zero-order valence-corrected chi connectivity index (χ0v) is 16.8. The summed E-state index contributed by atoms with van der Waals surface area (Å²) in [6, 6.07) is 10.2. The minimum atomic E-state index is -3.80. The maximum atomic E-state index is 12.7. The van der Waals surface area contributed by atoms with E-state index >= 15 is 0 Å². The van der Waals surface area contributed by atoms with E-state index in [4.69, 9.17) is 9.47 Å². The van der Waals surface area contributed by atoms with E-state index in [0.717, 1.165) is 16.8 Å². The second kappa shape index (κ2) is 7.95. The number of hydrogen-bond donors (Lipinski definition) is 1. The molecule has 10 heteroatoms. The first kappa shape index (κ1) is 19.8. The molecule has 0 unspecified atom stereocenters. The van der Waals surface area contributed by atoms with Gasteiger partial charge in [-0.05, 0) is 59.7 Å². The number of nitrogens with one attached hydrogen (secondary N) is 1. The highest BCUT2D eigenvalue weighted by atomic mass is 32.2. The number of sulfonamides is 1. The molecule has 0 bridgehead atoms. The quantitative estimate of drug-likeness (QED) is 0.640. The molecule has 0 aliphatic carbocycles. The Hall–Kier alpha value is -2.98. The van der Waals surface area contributed by atoms with Crippen LogP contribution in [-0.2, 0) is 16.6 Å². The summed E-state index contributed by atoms with van der Waals surface area (Å²) in [4.78, 5) is 0.0513. The van der Waals surface area contributed by atoms with E-state index in [2.05, 4.69) is 20.2 Å². The monoisotopic (exact) mass is 403 g/mol. The van der Waals surface area contributed by atoms with Crippen LogP contribution in [0.1, 0.15) is 17.0 Å². The van der Waals surface area contributed by atoms with Crippen LogP contribution in [0.25, 0.3) is 5.69 Å². The maximum absolute atomic E-state index is 12.7. The smallest absolute Gasteiger partial charge is 0.241 e. The van der Waals surface area contributed by atoms with Gasteiger partial charge >= 0.3 is 0 Å². The molecule has 28 heavy (non-hydrogen) atoms. The number of nitrogens with zero attached hydrogens (tertiary/aromatic N) is 4. The molecule has 0 atom stereocenters. The first-order valence-electron chi connectivity index (χ1n) is 8.42. The highest BCUT2D eigenvalue weighted by Gasteiger charge is 2.19. The summed E-state index contributed by atoms with van der Waals surface area (Å²) < 4.78 is 39.6. The minimum absolute atomic E-state index is 0.0513. The summed E-state index contributed by atoms with van der Waals surface area (Å²) in [6.45, 7) is 3.93. The van der Waals surface area contributed by atoms with Crippen LogP contribution in [-0.4, -0.2) is 42.8 Å². The SMILES string of the molecule is COc1ccc(S(=O)(=O)NCc2nnnn2-c2ccc(C)c(C)c2)cc1OC. The summed E-state index contributed by atoms with van der Waals surface area (Å²) in [5.74, 6) is 1.14. The van der Waals surface area contributed by atoms with Crippen LogP contribution in [0.2, 0.25) is 0 Å². The Kier molecular flexibility index (Phi) is 5.61. The summed E-state index contributed by atoms with van der Waals surface area (Å²) in [7, 11) is -0.875. The Labute approximate surface area is 163 Å². The van der Waals surface area contributed by atoms with E-state index in [-0.39, 0.29) is 11.4 Å². The van der Waals surface area contributed by atoms with Gasteiger partial charge in [-0.2, -0.15) is 4.68 Å². The number of tetrazole rings is 1. The summed E-state index contributed by atoms with van der Waals surface area (Å²) in [5, 5.41) is 11.6. The van der Waals surface area contributed by atoms with Crippen molar-refractivity contribution in [2.45, 2.75) is 25.3 Å². The molecule has 0 spiro atoms. The fraction of sp³-hybridized carbons (Fsp3) is 0.278. The lowest BCUT2D eigenvalue weighted by atomic mass is 10.1. The Bertz CT molecular complexity index is 1100. The lowest BCUT2D eigenvalue weighted by Gasteiger charge is -2.11. The minimum Gasteiger partial charge on any atom is -0.493 e. The number of methoxy groups -OCH3 is 2. The number of ether oxygens (including phenoxy) is 2. The fourth-order valence-electron chi connectivity index (χ4n) is 2.60. The zero-order valence-electron chi connectivity index (χ0n) is 16.0. The number of rotatable bonds is 7. The standard InChI is InChI=1S/C18H21N5O4S/c1-12-5-6-14(9-13(12)2)23-18(20-21-22-23)11-19-28(24,25)15-7-8-16(26-3)17(10-15)27-4/h5-10,19H,11H2,1-4H3. The molecule has 0 saturated heterocycles. The van der Waals surface area contributed by atoms with Gasteiger partial charge < -0.3 is 9.47 Å². The fourth-order valence-corrected chi connectivity index (χ4v) is 3.60. The van der Waals surface area contributed by atoms with Crippen LogP contribution < -0.4 is 14.2 Å². The van der Waals surface area contributed by atoms with Crippen molar-refractivity contribution >= 4 is 10.0 Å². The van der Waals surface area contributed by atoms with Gasteiger partial charge in [-0.25, -0.2) is 13.1 Å². The van der Waals surface area contributed by atoms with Crippen molar-refractivity contribution in [2.75, 3.05) is 14.2 Å². The third kappa shape index (κ3) is 3.97. The second-order valence-electron chi connectivity index (χ2n) is 6.12. The molecule has 3 aromatic rings. The van der Waals surface area contributed by atoms with Crippen molar-refractivity contribution < 1.29 is 17.9 Å². The van der Waals surface area contributed by atoms with Gasteiger partial charge in [0.25, 0.3) is 0 Å². The molecule has 1 heterocycles. The van der Waals surface area contributed by atoms with Crippen molar-refractivity contribution in [1.29, 1.82) is 0 Å². The van der Waals surface area contributed by atoms with Crippen LogP contribution in [0.5, 0.6) is 11.5 Å². The lowest BCUT2D eigenvalue weighted by Crippen LogP contribution is -2.25. The average Bonchev–Trinajstić information content (AvgIpc) is 3.16. The van der Waals surface area contributed by atoms with Crippen LogP contribution in [0.3, 0.4) is 0 Å². The van der Waals surface area contributed by atoms with Crippen molar-refractivity contribution in [1.82, 2.24) is 24.9 Å². The first-order chi connectivity index (χ1) is 13.4. The maximum Gasteiger partial charge on any atom is 0.241 e. The molecule has 0 aliphatic heterocycles. The molecular weight excluding hydrogens is 382 g/mol. The van der Waals surface area contributed by atoms with Crippen molar-refractivity contribution in [3.8, 4) is 17.2 Å². The molecule has 0 amide bonds. The summed E-state index contributed by atoms with van der Waals surface area (Å²) in [5.41, 5.74) is 2.99. The predicted molar refractivity (Wildman–Crippen MR) is 102 cm³/mol. The predicted octanol–water partition coefficient (Wildman–Crippen LogP) is 1.77. The molecule has 1 aromatic heterocycles. The molecule has 3 rings (SSSR count). The van der Waals surface area contributed by atoms with Gasteiger partial charge in [0, 0.05) is 6.07 Å². The number of hydrogen-bond acceptors (Lipinski definition) is 7. The van der Waals surface area contributed by atoms with Crippen molar-refractivity contribution in [3.63, 3.8) is 0 Å². The summed E-state index contributed by atoms with van der Waals surface area (Å²) >= 11 is 0. The Morgan fingerprint density at radius 2 is 1.75 bits per heavy atom. The van der Waals surface area contributed by atoms with Crippen molar-refractivity contribution in [3.05, 3.63) is 53.3 Å². The van der Waals surface area contributed by atoms with Crippen LogP contribution >= 0.6 is 0 Å². The lowest BCUT2D eigenvalue weighted by molar-refractivity contribution is 0.354. The third-order valence-electron chi connectivity index (χ3n) is 4.35. The first-order valence-corrected chi connectivity index (χ1v) is 9.90. The topological polar surface area (TPSA) is 108 Å². The van der Waals surface area contributed by atoms with E-state index in [0.29, 0.717) is 17.3 Å². The number of aromatic nitrogens is 4. The Balaban J connectivity index is 1.83. The molecule has 148 valence electrons. The van der Waals surface area contributed by atoms with Crippen LogP contribution in [0.4, 0.5) is 0 Å². The van der Waals surface area contributed by atoms with Gasteiger partial charge in [0.2, 0.25) is 10.0 Å². The van der Waals surface area contributed by atoms with Gasteiger partial charge in [-0.3, -0.25) is 0 Å². The number of benzene rings is 2. The van der Waals surface area contributed by atoms with Gasteiger partial charge in [0.1, 0.15) is 0 Å². The molecule has 0 radical (unpaired) electrons. The van der Waals surface area contributed by atoms with E-state index in [9.17, 15) is 8.42 Å². The zero-order chi connectivity index (χ0) is 20.3. The van der Waals surface area contributed by atoms with Gasteiger partial charge in [0.05, 0.1) is 31.3 Å². The molecule has 2 aromatic carbocycles. The Morgan fingerprint density at radius 1 is 1.00 bits per heavy atom. The van der Waals surface area contributed by atoms with Gasteiger partial charge in [0.15, 0.2) is 17.3 Å². The molecule has 0 saturated carbocycles. The highest BCUT2D eigenvalue weighted by molar-refractivity contribution is 7.89. The molecule has 0 fully saturated rings. The van der Waals surface area contributed by atoms with Gasteiger partial charge in [-0.1, -0.05) is 6.07 Å². The van der Waals surface area contributed by atoms with E-state index in [1.54, 1.807) is 0 Å². The summed E-state index contributed by atoms with van der Waals surface area (Å²) in [6.07, 6.45) is 0. The molecule has 0 aliphatic rings. The van der Waals surface area contributed by atoms with E-state index in [1.165, 1.54) is 37.1 Å². The van der Waals surface area contributed by atoms with E-state index < -0.39 is 10.0 Å². The van der Waals surface area contributed by atoms with Gasteiger partial charge in [-0.15, -0.1) is 5.10 Å². The largest absolute Gasteiger partial charge is 0.493 e. The number of aryl methyl sites for hydroxylation is 2. The normalized spacial score (nSPS) is 11.4. The Morgan fingerprint density at radius 3 is 2.43 bits per heavy atom.